The Labute approximate surface area is 157 Å². The van der Waals surface area contributed by atoms with Crippen LogP contribution in [0.25, 0.3) is 0 Å². The zero-order valence-electron chi connectivity index (χ0n) is 12.8. The molecule has 2 aromatic rings. The lowest BCUT2D eigenvalue weighted by Gasteiger charge is -2.09. The molecule has 0 saturated heterocycles. The van der Waals surface area contributed by atoms with E-state index in [1.165, 1.54) is 36.7 Å². The third-order valence-electron chi connectivity index (χ3n) is 2.92. The van der Waals surface area contributed by atoms with Crippen molar-refractivity contribution >= 4 is 54.9 Å². The summed E-state index contributed by atoms with van der Waals surface area (Å²) in [5.74, 6) is -1.39. The molecule has 0 bridgehead atoms. The van der Waals surface area contributed by atoms with E-state index < -0.39 is 28.3 Å². The summed E-state index contributed by atoms with van der Waals surface area (Å²) in [5.41, 5.74) is 0.286. The van der Waals surface area contributed by atoms with Crippen LogP contribution in [-0.4, -0.2) is 38.1 Å². The molecule has 2 rings (SSSR count). The summed E-state index contributed by atoms with van der Waals surface area (Å²) in [6.45, 7) is -0.565. The molecule has 1 heterocycles. The second kappa shape index (κ2) is 7.94. The highest BCUT2D eigenvalue weighted by Gasteiger charge is 2.14. The highest BCUT2D eigenvalue weighted by Crippen LogP contribution is 2.25. The van der Waals surface area contributed by atoms with Crippen LogP contribution in [0.5, 0.6) is 0 Å². The SMILES string of the molecule is CS(=O)(=O)c1ccc(Cl)c(NC(=O)COC(=O)c2cncc(Br)c2)c1. The highest BCUT2D eigenvalue weighted by molar-refractivity contribution is 9.10. The zero-order chi connectivity index (χ0) is 18.6. The molecule has 7 nitrogen and oxygen atoms in total. The molecule has 0 aliphatic rings. The highest BCUT2D eigenvalue weighted by atomic mass is 79.9. The molecular weight excluding hydrogens is 436 g/mol. The monoisotopic (exact) mass is 446 g/mol. The van der Waals surface area contributed by atoms with Gasteiger partial charge in [-0.1, -0.05) is 11.6 Å². The van der Waals surface area contributed by atoms with Gasteiger partial charge in [0.1, 0.15) is 0 Å². The Morgan fingerprint density at radius 1 is 1.28 bits per heavy atom. The largest absolute Gasteiger partial charge is 0.452 e. The standard InChI is InChI=1S/C15H12BrClN2O5S/c1-25(22,23)11-2-3-12(17)13(5-11)19-14(20)8-24-15(21)9-4-10(16)7-18-6-9/h2-7H,8H2,1H3,(H,19,20). The molecule has 0 spiro atoms. The fourth-order valence-corrected chi connectivity index (χ4v) is 2.93. The van der Waals surface area contributed by atoms with Gasteiger partial charge in [0, 0.05) is 23.1 Å². The lowest BCUT2D eigenvalue weighted by molar-refractivity contribution is -0.119. The van der Waals surface area contributed by atoms with E-state index in [0.29, 0.717) is 4.47 Å². The average molecular weight is 448 g/mol. The fraction of sp³-hybridized carbons (Fsp3) is 0.133. The van der Waals surface area contributed by atoms with Gasteiger partial charge in [-0.05, 0) is 40.2 Å². The summed E-state index contributed by atoms with van der Waals surface area (Å²) in [6, 6.07) is 5.41. The Morgan fingerprint density at radius 2 is 2.00 bits per heavy atom. The number of nitrogens with one attached hydrogen (secondary N) is 1. The van der Waals surface area contributed by atoms with Crippen LogP contribution in [0.1, 0.15) is 10.4 Å². The van der Waals surface area contributed by atoms with Crippen molar-refractivity contribution in [2.45, 2.75) is 4.90 Å². The van der Waals surface area contributed by atoms with Gasteiger partial charge >= 0.3 is 5.97 Å². The number of anilines is 1. The van der Waals surface area contributed by atoms with Crippen molar-refractivity contribution < 1.29 is 22.7 Å². The van der Waals surface area contributed by atoms with Gasteiger partial charge in [0.2, 0.25) is 0 Å². The van der Waals surface area contributed by atoms with E-state index in [9.17, 15) is 18.0 Å². The van der Waals surface area contributed by atoms with Crippen LogP contribution in [0, 0.1) is 0 Å². The molecule has 1 aromatic heterocycles. The number of carbonyl (C=O) groups excluding carboxylic acids is 2. The van der Waals surface area contributed by atoms with E-state index in [1.807, 2.05) is 0 Å². The van der Waals surface area contributed by atoms with Crippen LogP contribution in [0.4, 0.5) is 5.69 Å². The molecule has 0 radical (unpaired) electrons. The van der Waals surface area contributed by atoms with Gasteiger partial charge in [-0.25, -0.2) is 13.2 Å². The Balaban J connectivity index is 2.02. The Kier molecular flexibility index (Phi) is 6.15. The topological polar surface area (TPSA) is 102 Å². The normalized spacial score (nSPS) is 11.0. The van der Waals surface area contributed by atoms with E-state index in [-0.39, 0.29) is 21.2 Å². The number of hydrogen-bond donors (Lipinski definition) is 1. The Morgan fingerprint density at radius 3 is 2.64 bits per heavy atom. The van der Waals surface area contributed by atoms with Gasteiger partial charge < -0.3 is 10.1 Å². The summed E-state index contributed by atoms with van der Waals surface area (Å²) in [7, 11) is -3.45. The molecule has 132 valence electrons. The number of ether oxygens (including phenoxy) is 1. The Bertz CT molecular complexity index is 933. The zero-order valence-corrected chi connectivity index (χ0v) is 16.0. The van der Waals surface area contributed by atoms with Crippen LogP contribution in [-0.2, 0) is 19.4 Å². The summed E-state index contributed by atoms with van der Waals surface area (Å²) in [6.07, 6.45) is 3.84. The Hall–Kier alpha value is -1.97. The molecule has 0 saturated carbocycles. The van der Waals surface area contributed by atoms with E-state index in [2.05, 4.69) is 26.2 Å². The quantitative estimate of drug-likeness (QED) is 0.707. The number of benzene rings is 1. The van der Waals surface area contributed by atoms with Gasteiger partial charge in [-0.15, -0.1) is 0 Å². The molecule has 10 heteroatoms. The van der Waals surface area contributed by atoms with Crippen LogP contribution >= 0.6 is 27.5 Å². The number of carbonyl (C=O) groups is 2. The van der Waals surface area contributed by atoms with Crippen molar-refractivity contribution in [3.05, 3.63) is 51.7 Å². The first kappa shape index (κ1) is 19.4. The molecule has 0 aliphatic carbocycles. The van der Waals surface area contributed by atoms with E-state index in [4.69, 9.17) is 16.3 Å². The van der Waals surface area contributed by atoms with Gasteiger partial charge in [-0.3, -0.25) is 9.78 Å². The first-order valence-electron chi connectivity index (χ1n) is 6.74. The van der Waals surface area contributed by atoms with Crippen molar-refractivity contribution in [1.82, 2.24) is 4.98 Å². The third kappa shape index (κ3) is 5.52. The fourth-order valence-electron chi connectivity index (χ4n) is 1.76. The van der Waals surface area contributed by atoms with Crippen molar-refractivity contribution in [3.63, 3.8) is 0 Å². The predicted molar refractivity (Wildman–Crippen MR) is 95.4 cm³/mol. The maximum absolute atomic E-state index is 11.9. The lowest BCUT2D eigenvalue weighted by Crippen LogP contribution is -2.21. The van der Waals surface area contributed by atoms with Gasteiger partial charge in [0.05, 0.1) is 21.2 Å². The van der Waals surface area contributed by atoms with Crippen LogP contribution in [0.2, 0.25) is 5.02 Å². The summed E-state index contributed by atoms with van der Waals surface area (Å²) < 4.78 is 28.6. The number of nitrogens with zero attached hydrogens (tertiary/aromatic N) is 1. The number of amides is 1. The molecular formula is C15H12BrClN2O5S. The van der Waals surface area contributed by atoms with Crippen molar-refractivity contribution in [2.75, 3.05) is 18.2 Å². The molecule has 1 amide bonds. The summed E-state index contributed by atoms with van der Waals surface area (Å²) in [4.78, 5) is 27.6. The van der Waals surface area contributed by atoms with Gasteiger partial charge in [-0.2, -0.15) is 0 Å². The molecule has 1 aromatic carbocycles. The van der Waals surface area contributed by atoms with Gasteiger partial charge in [0.15, 0.2) is 16.4 Å². The number of sulfone groups is 1. The third-order valence-corrected chi connectivity index (χ3v) is 4.79. The lowest BCUT2D eigenvalue weighted by atomic mass is 10.3. The number of aromatic nitrogens is 1. The minimum atomic E-state index is -3.45. The summed E-state index contributed by atoms with van der Waals surface area (Å²) in [5, 5.41) is 2.56. The molecule has 0 aliphatic heterocycles. The predicted octanol–water partition coefficient (Wildman–Crippen LogP) is 2.70. The number of pyridine rings is 1. The molecule has 0 atom stereocenters. The van der Waals surface area contributed by atoms with E-state index >= 15 is 0 Å². The number of esters is 1. The molecule has 0 fully saturated rings. The molecule has 1 N–H and O–H groups in total. The smallest absolute Gasteiger partial charge is 0.340 e. The van der Waals surface area contributed by atoms with E-state index in [0.717, 1.165) is 6.26 Å². The second-order valence-corrected chi connectivity index (χ2v) is 8.27. The molecule has 0 unspecified atom stereocenters. The van der Waals surface area contributed by atoms with Crippen molar-refractivity contribution in [2.24, 2.45) is 0 Å². The first-order valence-corrected chi connectivity index (χ1v) is 9.80. The maximum Gasteiger partial charge on any atom is 0.340 e. The number of hydrogen-bond acceptors (Lipinski definition) is 6. The number of rotatable bonds is 5. The van der Waals surface area contributed by atoms with Crippen molar-refractivity contribution in [3.8, 4) is 0 Å². The average Bonchev–Trinajstić information content (AvgIpc) is 2.53. The maximum atomic E-state index is 11.9. The van der Waals surface area contributed by atoms with E-state index in [1.54, 1.807) is 0 Å². The van der Waals surface area contributed by atoms with Gasteiger partial charge in [0.25, 0.3) is 5.91 Å². The van der Waals surface area contributed by atoms with Crippen molar-refractivity contribution in [1.29, 1.82) is 0 Å². The first-order chi connectivity index (χ1) is 11.7. The summed E-state index contributed by atoms with van der Waals surface area (Å²) >= 11 is 9.11. The second-order valence-electron chi connectivity index (χ2n) is 4.93. The minimum Gasteiger partial charge on any atom is -0.452 e. The number of halogens is 2. The van der Waals surface area contributed by atoms with Crippen LogP contribution in [0.15, 0.2) is 46.0 Å². The van der Waals surface area contributed by atoms with Crippen LogP contribution < -0.4 is 5.32 Å². The van der Waals surface area contributed by atoms with Crippen LogP contribution in [0.3, 0.4) is 0 Å². The molecule has 25 heavy (non-hydrogen) atoms. The minimum absolute atomic E-state index is 0.00408.